The number of H-pyrrole nitrogens is 1. The van der Waals surface area contributed by atoms with Gasteiger partial charge in [-0.2, -0.15) is 0 Å². The molecule has 0 spiro atoms. The lowest BCUT2D eigenvalue weighted by molar-refractivity contribution is -0.119. The van der Waals surface area contributed by atoms with Crippen molar-refractivity contribution in [2.24, 2.45) is 0 Å². The molecule has 1 aromatic heterocycles. The van der Waals surface area contributed by atoms with Crippen molar-refractivity contribution in [3.05, 3.63) is 54.4 Å². The first-order chi connectivity index (χ1) is 17.0. The van der Waals surface area contributed by atoms with Gasteiger partial charge in [-0.25, -0.2) is 9.78 Å². The van der Waals surface area contributed by atoms with Crippen molar-refractivity contribution in [2.45, 2.75) is 18.9 Å². The van der Waals surface area contributed by atoms with Crippen molar-refractivity contribution < 1.29 is 9.59 Å². The molecule has 2 aliphatic heterocycles. The van der Waals surface area contributed by atoms with E-state index in [1.807, 2.05) is 53.4 Å². The first-order valence-electron chi connectivity index (χ1n) is 12.3. The molecule has 9 heteroatoms. The van der Waals surface area contributed by atoms with Crippen LogP contribution in [0.4, 0.5) is 16.2 Å². The number of hydrogen-bond acceptors (Lipinski definition) is 5. The van der Waals surface area contributed by atoms with Gasteiger partial charge < -0.3 is 25.0 Å². The fourth-order valence-electron chi connectivity index (χ4n) is 4.84. The zero-order valence-electron chi connectivity index (χ0n) is 20.4. The molecule has 2 aromatic carbocycles. The van der Waals surface area contributed by atoms with Crippen LogP contribution in [0.15, 0.2) is 48.5 Å². The fraction of sp³-hybridized carbons (Fsp3) is 0.423. The Hall–Kier alpha value is -3.43. The third-order valence-electron chi connectivity index (χ3n) is 7.07. The van der Waals surface area contributed by atoms with Crippen molar-refractivity contribution in [1.82, 2.24) is 24.7 Å². The highest BCUT2D eigenvalue weighted by atomic mass is 16.2. The van der Waals surface area contributed by atoms with Gasteiger partial charge in [-0.05, 0) is 56.3 Å². The second-order valence-corrected chi connectivity index (χ2v) is 9.50. The van der Waals surface area contributed by atoms with Crippen LogP contribution in [0.5, 0.6) is 0 Å². The number of amides is 3. The van der Waals surface area contributed by atoms with E-state index < -0.39 is 0 Å². The van der Waals surface area contributed by atoms with E-state index in [1.54, 1.807) is 11.9 Å². The fourth-order valence-corrected chi connectivity index (χ4v) is 4.84. The number of anilines is 2. The largest absolute Gasteiger partial charge is 0.340 e. The lowest BCUT2D eigenvalue weighted by Gasteiger charge is -2.32. The van der Waals surface area contributed by atoms with Gasteiger partial charge in [0.25, 0.3) is 0 Å². The van der Waals surface area contributed by atoms with Gasteiger partial charge in [0.05, 0.1) is 23.6 Å². The van der Waals surface area contributed by atoms with Gasteiger partial charge in [0.1, 0.15) is 5.82 Å². The van der Waals surface area contributed by atoms with E-state index in [9.17, 15) is 9.59 Å². The van der Waals surface area contributed by atoms with Gasteiger partial charge in [0.15, 0.2) is 0 Å². The highest BCUT2D eigenvalue weighted by Gasteiger charge is 2.32. The molecular formula is C26H33N7O2. The standard InChI is InChI=1S/C26H33N7O2/c1-30-14-16-32(17-15-30)18-24(34)31(2)20-11-9-19(10-12-20)27-26(35)33-13-5-8-23(33)25-28-21-6-3-4-7-22(21)29-25/h3-4,6-7,9-12,23H,5,8,13-18H2,1-2H3,(H,27,35)(H,28,29). The number of fused-ring (bicyclic) bond motifs is 1. The third kappa shape index (κ3) is 5.16. The highest BCUT2D eigenvalue weighted by molar-refractivity contribution is 5.95. The van der Waals surface area contributed by atoms with Crippen molar-refractivity contribution in [1.29, 1.82) is 0 Å². The number of rotatable bonds is 5. The molecule has 3 aromatic rings. The number of aromatic nitrogens is 2. The normalized spacial score (nSPS) is 19.3. The first kappa shape index (κ1) is 23.3. The summed E-state index contributed by atoms with van der Waals surface area (Å²) in [5.41, 5.74) is 3.41. The summed E-state index contributed by atoms with van der Waals surface area (Å²) in [5.74, 6) is 0.895. The molecule has 2 saturated heterocycles. The van der Waals surface area contributed by atoms with Crippen LogP contribution in [0.1, 0.15) is 24.7 Å². The van der Waals surface area contributed by atoms with E-state index in [2.05, 4.69) is 27.1 Å². The van der Waals surface area contributed by atoms with Gasteiger partial charge >= 0.3 is 6.03 Å². The average molecular weight is 476 g/mol. The molecule has 0 radical (unpaired) electrons. The van der Waals surface area contributed by atoms with Crippen molar-refractivity contribution in [2.75, 3.05) is 63.6 Å². The number of piperazine rings is 1. The minimum atomic E-state index is -0.139. The summed E-state index contributed by atoms with van der Waals surface area (Å²) in [5, 5.41) is 3.01. The van der Waals surface area contributed by atoms with Crippen LogP contribution in [0, 0.1) is 0 Å². The molecule has 35 heavy (non-hydrogen) atoms. The zero-order valence-corrected chi connectivity index (χ0v) is 20.4. The number of aromatic amines is 1. The van der Waals surface area contributed by atoms with Crippen LogP contribution < -0.4 is 10.2 Å². The zero-order chi connectivity index (χ0) is 24.4. The molecule has 0 saturated carbocycles. The lowest BCUT2D eigenvalue weighted by atomic mass is 10.2. The Morgan fingerprint density at radius 3 is 2.54 bits per heavy atom. The summed E-state index contributed by atoms with van der Waals surface area (Å²) in [6, 6.07) is 15.1. The third-order valence-corrected chi connectivity index (χ3v) is 7.07. The minimum Gasteiger partial charge on any atom is -0.340 e. The number of carbonyl (C=O) groups is 2. The second-order valence-electron chi connectivity index (χ2n) is 9.50. The second kappa shape index (κ2) is 10.1. The molecule has 9 nitrogen and oxygen atoms in total. The van der Waals surface area contributed by atoms with Gasteiger partial charge in [0, 0.05) is 51.1 Å². The van der Waals surface area contributed by atoms with Crippen molar-refractivity contribution >= 4 is 34.3 Å². The predicted octanol–water partition coefficient (Wildman–Crippen LogP) is 3.14. The Bertz CT molecular complexity index is 1150. The van der Waals surface area contributed by atoms with Gasteiger partial charge in [-0.15, -0.1) is 0 Å². The number of urea groups is 1. The molecule has 3 heterocycles. The van der Waals surface area contributed by atoms with Crippen LogP contribution in [-0.2, 0) is 4.79 Å². The maximum absolute atomic E-state index is 13.1. The van der Waals surface area contributed by atoms with Crippen LogP contribution in [0.25, 0.3) is 11.0 Å². The van der Waals surface area contributed by atoms with E-state index >= 15 is 0 Å². The predicted molar refractivity (Wildman–Crippen MR) is 138 cm³/mol. The molecule has 184 valence electrons. The molecule has 1 unspecified atom stereocenters. The molecule has 0 aliphatic carbocycles. The Kier molecular flexibility index (Phi) is 6.70. The maximum Gasteiger partial charge on any atom is 0.322 e. The van der Waals surface area contributed by atoms with Gasteiger partial charge in [-0.1, -0.05) is 12.1 Å². The van der Waals surface area contributed by atoms with Gasteiger partial charge in [0.2, 0.25) is 5.91 Å². The molecule has 3 amide bonds. The quantitative estimate of drug-likeness (QED) is 0.592. The van der Waals surface area contributed by atoms with Gasteiger partial charge in [-0.3, -0.25) is 9.69 Å². The Morgan fingerprint density at radius 2 is 1.80 bits per heavy atom. The van der Waals surface area contributed by atoms with E-state index in [0.29, 0.717) is 18.8 Å². The number of benzene rings is 2. The number of nitrogens with zero attached hydrogens (tertiary/aromatic N) is 5. The molecule has 5 rings (SSSR count). The Morgan fingerprint density at radius 1 is 1.06 bits per heavy atom. The van der Waals surface area contributed by atoms with Crippen LogP contribution in [-0.4, -0.2) is 90.0 Å². The number of imidazole rings is 1. The number of nitrogens with one attached hydrogen (secondary N) is 2. The van der Waals surface area contributed by atoms with E-state index in [1.165, 1.54) is 0 Å². The number of hydrogen-bond donors (Lipinski definition) is 2. The highest BCUT2D eigenvalue weighted by Crippen LogP contribution is 2.32. The molecule has 2 aliphatic rings. The number of likely N-dealkylation sites (N-methyl/N-ethyl adjacent to an activating group) is 2. The average Bonchev–Trinajstić information content (AvgIpc) is 3.52. The maximum atomic E-state index is 13.1. The topological polar surface area (TPSA) is 87.8 Å². The Labute approximate surface area is 205 Å². The molecule has 0 bridgehead atoms. The molecule has 1 atom stereocenters. The van der Waals surface area contributed by atoms with Crippen molar-refractivity contribution in [3.8, 4) is 0 Å². The van der Waals surface area contributed by atoms with E-state index in [4.69, 9.17) is 4.98 Å². The summed E-state index contributed by atoms with van der Waals surface area (Å²) in [6.07, 6.45) is 1.82. The van der Waals surface area contributed by atoms with E-state index in [0.717, 1.165) is 61.6 Å². The lowest BCUT2D eigenvalue weighted by Crippen LogP contribution is -2.48. The number of likely N-dealkylation sites (tertiary alicyclic amines) is 1. The van der Waals surface area contributed by atoms with Crippen molar-refractivity contribution in [3.63, 3.8) is 0 Å². The minimum absolute atomic E-state index is 0.0667. The molecular weight excluding hydrogens is 442 g/mol. The Balaban J connectivity index is 1.19. The summed E-state index contributed by atoms with van der Waals surface area (Å²) in [4.78, 5) is 41.9. The first-order valence-corrected chi connectivity index (χ1v) is 12.3. The molecule has 2 fully saturated rings. The summed E-state index contributed by atoms with van der Waals surface area (Å²) < 4.78 is 0. The summed E-state index contributed by atoms with van der Waals surface area (Å²) >= 11 is 0. The smallest absolute Gasteiger partial charge is 0.322 e. The summed E-state index contributed by atoms with van der Waals surface area (Å²) in [6.45, 7) is 4.90. The van der Waals surface area contributed by atoms with Crippen LogP contribution in [0.2, 0.25) is 0 Å². The summed E-state index contributed by atoms with van der Waals surface area (Å²) in [7, 11) is 3.91. The van der Waals surface area contributed by atoms with Crippen LogP contribution in [0.3, 0.4) is 0 Å². The number of para-hydroxylation sites is 2. The SMILES string of the molecule is CN1CCN(CC(=O)N(C)c2ccc(NC(=O)N3CCCC3c3nc4ccccc4[nH]3)cc2)CC1. The molecule has 2 N–H and O–H groups in total. The van der Waals surface area contributed by atoms with E-state index in [-0.39, 0.29) is 18.0 Å². The number of carbonyl (C=O) groups excluding carboxylic acids is 2. The van der Waals surface area contributed by atoms with Crippen LogP contribution >= 0.6 is 0 Å². The monoisotopic (exact) mass is 475 g/mol.